The molecule has 1 aromatic rings. The maximum atomic E-state index is 11.7. The van der Waals surface area contributed by atoms with Gasteiger partial charge in [-0.05, 0) is 12.1 Å². The molecule has 0 bridgehead atoms. The van der Waals surface area contributed by atoms with Crippen molar-refractivity contribution in [3.63, 3.8) is 0 Å². The highest BCUT2D eigenvalue weighted by molar-refractivity contribution is 5.99. The first-order valence-electron chi connectivity index (χ1n) is 5.20. The van der Waals surface area contributed by atoms with Gasteiger partial charge in [-0.25, -0.2) is 0 Å². The molecule has 0 saturated heterocycles. The summed E-state index contributed by atoms with van der Waals surface area (Å²) in [7, 11) is 3.00. The normalized spacial score (nSPS) is 18.8. The third-order valence-electron chi connectivity index (χ3n) is 2.66. The SMILES string of the molecule is COc1ccc([C@H]2OC(N)=C(O)C2=O)cc1OC. The van der Waals surface area contributed by atoms with Crippen LogP contribution in [-0.2, 0) is 9.53 Å². The van der Waals surface area contributed by atoms with Crippen molar-refractivity contribution in [3.8, 4) is 11.5 Å². The molecule has 18 heavy (non-hydrogen) atoms. The van der Waals surface area contributed by atoms with E-state index in [-0.39, 0.29) is 5.88 Å². The van der Waals surface area contributed by atoms with E-state index in [4.69, 9.17) is 19.9 Å². The number of benzene rings is 1. The molecule has 0 saturated carbocycles. The first-order valence-corrected chi connectivity index (χ1v) is 5.20. The second-order valence-electron chi connectivity index (χ2n) is 3.69. The molecule has 1 heterocycles. The van der Waals surface area contributed by atoms with Gasteiger partial charge in [0.25, 0.3) is 0 Å². The highest BCUT2D eigenvalue weighted by Gasteiger charge is 2.35. The average Bonchev–Trinajstić information content (AvgIpc) is 2.65. The number of rotatable bonds is 3. The molecule has 6 heteroatoms. The summed E-state index contributed by atoms with van der Waals surface area (Å²) in [5.41, 5.74) is 5.89. The standard InChI is InChI=1S/C12H13NO5/c1-16-7-4-3-6(5-8(7)17-2)11-9(14)10(15)12(13)18-11/h3-5,11,15H,13H2,1-2H3/t11-/m1/s1. The molecule has 6 nitrogen and oxygen atoms in total. The van der Waals surface area contributed by atoms with E-state index in [1.165, 1.54) is 14.2 Å². The summed E-state index contributed by atoms with van der Waals surface area (Å²) in [6, 6.07) is 4.90. The number of hydrogen-bond acceptors (Lipinski definition) is 6. The molecule has 0 spiro atoms. The van der Waals surface area contributed by atoms with Crippen molar-refractivity contribution in [2.45, 2.75) is 6.10 Å². The third kappa shape index (κ3) is 1.81. The van der Waals surface area contributed by atoms with Gasteiger partial charge in [-0.1, -0.05) is 6.07 Å². The molecule has 0 radical (unpaired) electrons. The Morgan fingerprint density at radius 1 is 1.28 bits per heavy atom. The van der Waals surface area contributed by atoms with Crippen LogP contribution in [0, 0.1) is 0 Å². The predicted octanol–water partition coefficient (Wildman–Crippen LogP) is 1.03. The van der Waals surface area contributed by atoms with Gasteiger partial charge in [-0.3, -0.25) is 4.79 Å². The minimum absolute atomic E-state index is 0.264. The molecule has 96 valence electrons. The number of carbonyl (C=O) groups excluding carboxylic acids is 1. The highest BCUT2D eigenvalue weighted by Crippen LogP contribution is 2.35. The monoisotopic (exact) mass is 251 g/mol. The van der Waals surface area contributed by atoms with Gasteiger partial charge in [-0.15, -0.1) is 0 Å². The van der Waals surface area contributed by atoms with Gasteiger partial charge < -0.3 is 25.1 Å². The zero-order valence-corrected chi connectivity index (χ0v) is 9.97. The van der Waals surface area contributed by atoms with Crippen LogP contribution in [0.15, 0.2) is 29.8 Å². The fourth-order valence-corrected chi connectivity index (χ4v) is 1.72. The number of hydrogen-bond donors (Lipinski definition) is 2. The Bertz CT molecular complexity index is 523. The topological polar surface area (TPSA) is 91.0 Å². The second-order valence-corrected chi connectivity index (χ2v) is 3.69. The Hall–Kier alpha value is -2.37. The number of aliphatic hydroxyl groups is 1. The van der Waals surface area contributed by atoms with Gasteiger partial charge >= 0.3 is 0 Å². The van der Waals surface area contributed by atoms with Crippen molar-refractivity contribution in [2.24, 2.45) is 5.73 Å². The molecule has 1 atom stereocenters. The summed E-state index contributed by atoms with van der Waals surface area (Å²) in [5, 5.41) is 9.35. The zero-order valence-electron chi connectivity index (χ0n) is 9.97. The summed E-state index contributed by atoms with van der Waals surface area (Å²) in [6.45, 7) is 0. The van der Waals surface area contributed by atoms with Crippen molar-refractivity contribution >= 4 is 5.78 Å². The smallest absolute Gasteiger partial charge is 0.247 e. The Morgan fingerprint density at radius 3 is 2.44 bits per heavy atom. The Kier molecular flexibility index (Phi) is 3.01. The Balaban J connectivity index is 2.34. The van der Waals surface area contributed by atoms with E-state index >= 15 is 0 Å². The maximum absolute atomic E-state index is 11.7. The van der Waals surface area contributed by atoms with Crippen LogP contribution in [0.25, 0.3) is 0 Å². The fraction of sp³-hybridized carbons (Fsp3) is 0.250. The lowest BCUT2D eigenvalue weighted by Crippen LogP contribution is -2.10. The summed E-state index contributed by atoms with van der Waals surface area (Å²) < 4.78 is 15.3. The zero-order chi connectivity index (χ0) is 13.3. The van der Waals surface area contributed by atoms with Gasteiger partial charge in [0.2, 0.25) is 17.4 Å². The number of methoxy groups -OCH3 is 2. The van der Waals surface area contributed by atoms with Crippen molar-refractivity contribution < 1.29 is 24.1 Å². The highest BCUT2D eigenvalue weighted by atomic mass is 16.5. The summed E-state index contributed by atoms with van der Waals surface area (Å²) >= 11 is 0. The van der Waals surface area contributed by atoms with Crippen LogP contribution >= 0.6 is 0 Å². The van der Waals surface area contributed by atoms with E-state index in [0.29, 0.717) is 17.1 Å². The largest absolute Gasteiger partial charge is 0.501 e. The van der Waals surface area contributed by atoms with Gasteiger partial charge in [0.1, 0.15) is 0 Å². The van der Waals surface area contributed by atoms with Crippen LogP contribution in [0.5, 0.6) is 11.5 Å². The van der Waals surface area contributed by atoms with Crippen molar-refractivity contribution in [1.29, 1.82) is 0 Å². The van der Waals surface area contributed by atoms with Gasteiger partial charge in [0.05, 0.1) is 14.2 Å². The van der Waals surface area contributed by atoms with Gasteiger partial charge in [0.15, 0.2) is 17.6 Å². The lowest BCUT2D eigenvalue weighted by Gasteiger charge is -2.13. The van der Waals surface area contributed by atoms with E-state index in [9.17, 15) is 9.90 Å². The molecular formula is C12H13NO5. The molecule has 0 unspecified atom stereocenters. The Labute approximate surface area is 104 Å². The van der Waals surface area contributed by atoms with Crippen molar-refractivity contribution in [2.75, 3.05) is 14.2 Å². The maximum Gasteiger partial charge on any atom is 0.247 e. The van der Waals surface area contributed by atoms with Crippen LogP contribution < -0.4 is 15.2 Å². The minimum Gasteiger partial charge on any atom is -0.501 e. The third-order valence-corrected chi connectivity index (χ3v) is 2.66. The molecular weight excluding hydrogens is 238 g/mol. The number of aliphatic hydroxyl groups excluding tert-OH is 1. The predicted molar refractivity (Wildman–Crippen MR) is 62.2 cm³/mol. The van der Waals surface area contributed by atoms with Crippen LogP contribution in [-0.4, -0.2) is 25.1 Å². The summed E-state index contributed by atoms with van der Waals surface area (Å²) in [5.74, 6) is -0.373. The van der Waals surface area contributed by atoms with Gasteiger partial charge in [-0.2, -0.15) is 0 Å². The molecule has 1 aliphatic heterocycles. The molecule has 1 aliphatic rings. The fourth-order valence-electron chi connectivity index (χ4n) is 1.72. The van der Waals surface area contributed by atoms with Crippen LogP contribution in [0.1, 0.15) is 11.7 Å². The number of ketones is 1. The summed E-state index contributed by atoms with van der Waals surface area (Å²) in [4.78, 5) is 11.7. The molecule has 2 rings (SSSR count). The summed E-state index contributed by atoms with van der Waals surface area (Å²) in [6.07, 6.45) is -0.940. The quantitative estimate of drug-likeness (QED) is 0.833. The van der Waals surface area contributed by atoms with E-state index in [0.717, 1.165) is 0 Å². The van der Waals surface area contributed by atoms with E-state index in [1.54, 1.807) is 18.2 Å². The first-order chi connectivity index (χ1) is 8.58. The average molecular weight is 251 g/mol. The number of Topliss-reactive ketones (excluding diaryl/α,β-unsaturated/α-hetero) is 1. The first kappa shape index (κ1) is 12.1. The molecule has 0 aromatic heterocycles. The van der Waals surface area contributed by atoms with Crippen molar-refractivity contribution in [3.05, 3.63) is 35.4 Å². The second kappa shape index (κ2) is 4.48. The van der Waals surface area contributed by atoms with E-state index in [2.05, 4.69) is 0 Å². The number of ether oxygens (including phenoxy) is 3. The number of nitrogens with two attached hydrogens (primary N) is 1. The van der Waals surface area contributed by atoms with E-state index in [1.807, 2.05) is 0 Å². The lowest BCUT2D eigenvalue weighted by atomic mass is 10.1. The van der Waals surface area contributed by atoms with Gasteiger partial charge in [0, 0.05) is 5.56 Å². The molecule has 1 aromatic carbocycles. The minimum atomic E-state index is -0.940. The van der Waals surface area contributed by atoms with Crippen LogP contribution in [0.3, 0.4) is 0 Å². The van der Waals surface area contributed by atoms with Crippen LogP contribution in [0.2, 0.25) is 0 Å². The van der Waals surface area contributed by atoms with Crippen LogP contribution in [0.4, 0.5) is 0 Å². The molecule has 0 amide bonds. The Morgan fingerprint density at radius 2 is 1.94 bits per heavy atom. The lowest BCUT2D eigenvalue weighted by molar-refractivity contribution is -0.123. The molecule has 0 fully saturated rings. The number of carbonyl (C=O) groups is 1. The molecule has 3 N–H and O–H groups in total. The molecule has 0 aliphatic carbocycles. The van der Waals surface area contributed by atoms with E-state index < -0.39 is 17.6 Å². The van der Waals surface area contributed by atoms with Crippen molar-refractivity contribution in [1.82, 2.24) is 0 Å².